The van der Waals surface area contributed by atoms with Gasteiger partial charge in [-0.05, 0) is 18.4 Å². The van der Waals surface area contributed by atoms with Gasteiger partial charge in [-0.2, -0.15) is 0 Å². The Morgan fingerprint density at radius 3 is 2.56 bits per heavy atom. The predicted octanol–water partition coefficient (Wildman–Crippen LogP) is -2.89. The molecule has 1 aliphatic rings. The first-order valence-electron chi connectivity index (χ1n) is 7.82. The predicted molar refractivity (Wildman–Crippen MR) is 81.5 cm³/mol. The minimum atomic E-state index is -1.84. The van der Waals surface area contributed by atoms with Crippen molar-refractivity contribution in [2.75, 3.05) is 6.54 Å². The number of carbonyl (C=O) groups is 3. The average Bonchev–Trinajstić information content (AvgIpc) is 3.08. The summed E-state index contributed by atoms with van der Waals surface area (Å²) in [7, 11) is 0. The van der Waals surface area contributed by atoms with Crippen LogP contribution in [-0.4, -0.2) is 46.5 Å². The maximum Gasteiger partial charge on any atom is 1.00 e. The van der Waals surface area contributed by atoms with Gasteiger partial charge in [-0.25, -0.2) is 4.79 Å². The van der Waals surface area contributed by atoms with E-state index in [4.69, 9.17) is 4.74 Å². The van der Waals surface area contributed by atoms with E-state index in [1.807, 2.05) is 30.3 Å². The van der Waals surface area contributed by atoms with Crippen LogP contribution in [0, 0.1) is 5.92 Å². The molecule has 1 fully saturated rings. The Balaban J connectivity index is 0.00000312. The van der Waals surface area contributed by atoms with Crippen LogP contribution in [0.3, 0.4) is 0 Å². The summed E-state index contributed by atoms with van der Waals surface area (Å²) in [4.78, 5) is 35.7. The van der Waals surface area contributed by atoms with E-state index < -0.39 is 35.9 Å². The number of aliphatic hydroxyl groups excluding tert-OH is 1. The molecule has 0 radical (unpaired) electrons. The standard InChI is InChI=1S/C17H21NO6.Na/c1-11(15(20)16(21)22)14(19)13-8-5-9-18(13)17(23)24-10-12-6-3-2-4-7-12;/h2-4,6-7,11,13-14,19H,5,8-10H2,1H3,(H,21,22);/q;+1/p-1/t11-,13-,14-;/m1./s1. The zero-order valence-corrected chi connectivity index (χ0v) is 16.4. The molecule has 2 rings (SSSR count). The van der Waals surface area contributed by atoms with E-state index in [-0.39, 0.29) is 36.2 Å². The van der Waals surface area contributed by atoms with Gasteiger partial charge in [-0.1, -0.05) is 37.3 Å². The van der Waals surface area contributed by atoms with E-state index in [0.29, 0.717) is 19.4 Å². The molecule has 1 aromatic rings. The van der Waals surface area contributed by atoms with Crippen LogP contribution in [0.1, 0.15) is 25.3 Å². The second kappa shape index (κ2) is 9.91. The quantitative estimate of drug-likeness (QED) is 0.433. The monoisotopic (exact) mass is 357 g/mol. The molecule has 25 heavy (non-hydrogen) atoms. The second-order valence-corrected chi connectivity index (χ2v) is 5.87. The van der Waals surface area contributed by atoms with Crippen molar-refractivity contribution in [2.45, 2.75) is 38.5 Å². The van der Waals surface area contributed by atoms with Gasteiger partial charge < -0.3 is 24.6 Å². The van der Waals surface area contributed by atoms with E-state index in [1.165, 1.54) is 11.8 Å². The van der Waals surface area contributed by atoms with Crippen LogP contribution in [0.2, 0.25) is 0 Å². The van der Waals surface area contributed by atoms with Crippen molar-refractivity contribution in [3.63, 3.8) is 0 Å². The van der Waals surface area contributed by atoms with Crippen LogP contribution in [0.5, 0.6) is 0 Å². The molecule has 3 atom stereocenters. The van der Waals surface area contributed by atoms with Gasteiger partial charge in [-0.15, -0.1) is 0 Å². The summed E-state index contributed by atoms with van der Waals surface area (Å²) < 4.78 is 5.24. The fourth-order valence-corrected chi connectivity index (χ4v) is 2.85. The van der Waals surface area contributed by atoms with Gasteiger partial charge in [0.25, 0.3) is 0 Å². The Kier molecular flexibility index (Phi) is 8.58. The number of rotatable bonds is 6. The van der Waals surface area contributed by atoms with Crippen molar-refractivity contribution in [3.05, 3.63) is 35.9 Å². The maximum atomic E-state index is 12.2. The van der Waals surface area contributed by atoms with Gasteiger partial charge in [-0.3, -0.25) is 4.79 Å². The molecule has 1 heterocycles. The van der Waals surface area contributed by atoms with Crippen molar-refractivity contribution in [1.82, 2.24) is 4.90 Å². The van der Waals surface area contributed by atoms with E-state index >= 15 is 0 Å². The van der Waals surface area contributed by atoms with Crippen molar-refractivity contribution < 1.29 is 58.9 Å². The number of aliphatic hydroxyl groups is 1. The van der Waals surface area contributed by atoms with Gasteiger partial charge in [0.15, 0.2) is 5.78 Å². The largest absolute Gasteiger partial charge is 1.00 e. The van der Waals surface area contributed by atoms with Gasteiger partial charge in [0.1, 0.15) is 12.6 Å². The number of ketones is 1. The van der Waals surface area contributed by atoms with Crippen LogP contribution in [0.25, 0.3) is 0 Å². The van der Waals surface area contributed by atoms with Crippen LogP contribution in [0.15, 0.2) is 30.3 Å². The molecule has 1 saturated heterocycles. The fourth-order valence-electron chi connectivity index (χ4n) is 2.85. The third-order valence-corrected chi connectivity index (χ3v) is 4.26. The summed E-state index contributed by atoms with van der Waals surface area (Å²) in [6.07, 6.45) is -0.739. The molecule has 0 aromatic heterocycles. The van der Waals surface area contributed by atoms with Gasteiger partial charge >= 0.3 is 35.7 Å². The maximum absolute atomic E-state index is 12.2. The third kappa shape index (κ3) is 5.54. The van der Waals surface area contributed by atoms with Crippen molar-refractivity contribution in [3.8, 4) is 0 Å². The molecule has 0 saturated carbocycles. The van der Waals surface area contributed by atoms with Crippen molar-refractivity contribution >= 4 is 17.8 Å². The molecule has 0 aliphatic carbocycles. The van der Waals surface area contributed by atoms with Crippen LogP contribution in [-0.2, 0) is 20.9 Å². The van der Waals surface area contributed by atoms with Crippen LogP contribution < -0.4 is 34.7 Å². The Hall–Kier alpha value is -1.41. The molecule has 1 aromatic carbocycles. The summed E-state index contributed by atoms with van der Waals surface area (Å²) >= 11 is 0. The number of carboxylic acids is 1. The molecular formula is C17H20NNaO6. The number of hydrogen-bond acceptors (Lipinski definition) is 6. The first-order chi connectivity index (χ1) is 11.4. The molecule has 1 amide bonds. The zero-order valence-electron chi connectivity index (χ0n) is 14.4. The van der Waals surface area contributed by atoms with Crippen LogP contribution >= 0.6 is 0 Å². The Bertz CT molecular complexity index is 608. The van der Waals surface area contributed by atoms with E-state index in [0.717, 1.165) is 5.56 Å². The van der Waals surface area contributed by atoms with Gasteiger partial charge in [0.05, 0.1) is 12.1 Å². The number of carboxylic acid groups (broad SMARTS) is 1. The fraction of sp³-hybridized carbons (Fsp3) is 0.471. The van der Waals surface area contributed by atoms with E-state index in [9.17, 15) is 24.6 Å². The molecule has 1 N–H and O–H groups in total. The van der Waals surface area contributed by atoms with Gasteiger partial charge in [0, 0.05) is 12.5 Å². The van der Waals surface area contributed by atoms with Crippen LogP contribution in [0.4, 0.5) is 4.79 Å². The Labute approximate surface area is 168 Å². The molecule has 1 aliphatic heterocycles. The smallest absolute Gasteiger partial charge is 0.542 e. The normalized spacial score (nSPS) is 18.8. The number of carbonyl (C=O) groups excluding carboxylic acids is 3. The molecule has 7 nitrogen and oxygen atoms in total. The van der Waals surface area contributed by atoms with Crippen molar-refractivity contribution in [1.29, 1.82) is 0 Å². The summed E-state index contributed by atoms with van der Waals surface area (Å²) in [6.45, 7) is 1.81. The van der Waals surface area contributed by atoms with E-state index in [2.05, 4.69) is 0 Å². The molecule has 0 spiro atoms. The Morgan fingerprint density at radius 1 is 1.32 bits per heavy atom. The van der Waals surface area contributed by atoms with Gasteiger partial charge in [0.2, 0.25) is 0 Å². The molecule has 0 unspecified atom stereocenters. The minimum absolute atomic E-state index is 0. The number of ether oxygens (including phenoxy) is 1. The van der Waals surface area contributed by atoms with E-state index in [1.54, 1.807) is 0 Å². The topological polar surface area (TPSA) is 107 Å². The molecule has 130 valence electrons. The zero-order chi connectivity index (χ0) is 17.7. The second-order valence-electron chi connectivity index (χ2n) is 5.87. The number of hydrogen-bond donors (Lipinski definition) is 1. The molecular weight excluding hydrogens is 337 g/mol. The average molecular weight is 357 g/mol. The van der Waals surface area contributed by atoms with Crippen molar-refractivity contribution in [2.24, 2.45) is 5.92 Å². The summed E-state index contributed by atoms with van der Waals surface area (Å²) in [6, 6.07) is 8.52. The third-order valence-electron chi connectivity index (χ3n) is 4.26. The number of amides is 1. The number of nitrogens with zero attached hydrogens (tertiary/aromatic N) is 1. The summed E-state index contributed by atoms with van der Waals surface area (Å²) in [5, 5.41) is 20.9. The number of likely N-dealkylation sites (tertiary alicyclic amines) is 1. The minimum Gasteiger partial charge on any atom is -0.542 e. The molecule has 0 bridgehead atoms. The SMILES string of the molecule is C[C@@H](C(=O)C(=O)[O-])[C@@H](O)[C@H]1CCCN1C(=O)OCc1ccccc1.[Na+]. The molecule has 8 heteroatoms. The first kappa shape index (κ1) is 21.6. The Morgan fingerprint density at radius 2 is 1.96 bits per heavy atom. The number of Topliss-reactive ketones (excluding diaryl/α,β-unsaturated/α-hetero) is 1. The number of benzene rings is 1. The summed E-state index contributed by atoms with van der Waals surface area (Å²) in [5.74, 6) is -4.16. The summed E-state index contributed by atoms with van der Waals surface area (Å²) in [5.41, 5.74) is 0.836. The first-order valence-corrected chi connectivity index (χ1v) is 7.82. The number of aliphatic carboxylic acids is 1.